The van der Waals surface area contributed by atoms with Gasteiger partial charge < -0.3 is 14.9 Å². The predicted octanol–water partition coefficient (Wildman–Crippen LogP) is 5.08. The maximum absolute atomic E-state index is 13.9. The number of carbonyl (C=O) groups is 1. The topological polar surface area (TPSA) is 76.1 Å². The Morgan fingerprint density at radius 2 is 1.85 bits per heavy atom. The van der Waals surface area contributed by atoms with Crippen LogP contribution in [0.25, 0.3) is 0 Å². The monoisotopic (exact) mass is 538 g/mol. The summed E-state index contributed by atoms with van der Waals surface area (Å²) in [5.74, 6) is -1.58. The second kappa shape index (κ2) is 11.5. The summed E-state index contributed by atoms with van der Waals surface area (Å²) in [4.78, 5) is 23.1. The molecule has 1 aromatic heterocycles. The number of ether oxygens (including phenoxy) is 1. The van der Waals surface area contributed by atoms with Crippen molar-refractivity contribution in [3.8, 4) is 0 Å². The minimum Gasteiger partial charge on any atom is -0.392 e. The van der Waals surface area contributed by atoms with Crippen molar-refractivity contribution in [3.63, 3.8) is 0 Å². The van der Waals surface area contributed by atoms with Gasteiger partial charge in [0.25, 0.3) is 0 Å². The number of halogens is 3. The summed E-state index contributed by atoms with van der Waals surface area (Å²) < 4.78 is 46.1. The highest BCUT2D eigenvalue weighted by molar-refractivity contribution is 6.12. The number of nitrogens with zero attached hydrogens (tertiary/aromatic N) is 3. The van der Waals surface area contributed by atoms with Gasteiger partial charge in [-0.3, -0.25) is 9.69 Å². The van der Waals surface area contributed by atoms with E-state index in [1.54, 1.807) is 0 Å². The zero-order chi connectivity index (χ0) is 27.4. The molecule has 1 fully saturated rings. The standard InChI is InChI=1S/C29H29F3N4O3/c1-19(37)34-27-15-23-18-38-29(24(23)16-33-27)8-11-36(12-9-29)17-20-2-4-21(5-3-20)28(35-39-13-10-30)22-6-7-25(31)26(32)14-22/h2-7,14-16H,8-13,17-18H2,1H3,(H,33,34,37)/b35-28-. The number of alkyl halides is 1. The van der Waals surface area contributed by atoms with Crippen LogP contribution in [0.4, 0.5) is 19.0 Å². The van der Waals surface area contributed by atoms with E-state index < -0.39 is 18.3 Å². The molecular formula is C29H29F3N4O3. The molecule has 3 aromatic rings. The number of oxime groups is 1. The molecule has 0 saturated carbocycles. The third-order valence-corrected chi connectivity index (χ3v) is 7.10. The minimum absolute atomic E-state index is 0.157. The molecular weight excluding hydrogens is 509 g/mol. The van der Waals surface area contributed by atoms with Gasteiger partial charge in [-0.25, -0.2) is 18.2 Å². The Labute approximate surface area is 224 Å². The van der Waals surface area contributed by atoms with Gasteiger partial charge in [0.05, 0.1) is 12.2 Å². The number of rotatable bonds is 8. The van der Waals surface area contributed by atoms with Crippen LogP contribution in [0.2, 0.25) is 0 Å². The molecule has 0 radical (unpaired) electrons. The highest BCUT2D eigenvalue weighted by atomic mass is 19.2. The van der Waals surface area contributed by atoms with Gasteiger partial charge in [-0.15, -0.1) is 0 Å². The van der Waals surface area contributed by atoms with E-state index in [-0.39, 0.29) is 18.1 Å². The molecule has 2 aromatic carbocycles. The molecule has 2 aliphatic heterocycles. The van der Waals surface area contributed by atoms with Gasteiger partial charge in [0.2, 0.25) is 5.91 Å². The van der Waals surface area contributed by atoms with Crippen molar-refractivity contribution in [1.29, 1.82) is 0 Å². The summed E-state index contributed by atoms with van der Waals surface area (Å²) in [7, 11) is 0. The maximum Gasteiger partial charge on any atom is 0.222 e. The van der Waals surface area contributed by atoms with Crippen molar-refractivity contribution < 1.29 is 27.5 Å². The number of nitrogens with one attached hydrogen (secondary N) is 1. The minimum atomic E-state index is -0.997. The van der Waals surface area contributed by atoms with Gasteiger partial charge in [-0.2, -0.15) is 0 Å². The number of hydrogen-bond donors (Lipinski definition) is 1. The molecule has 2 aliphatic rings. The Morgan fingerprint density at radius 3 is 2.54 bits per heavy atom. The number of carbonyl (C=O) groups excluding carboxylic acids is 1. The van der Waals surface area contributed by atoms with Crippen LogP contribution in [0.15, 0.2) is 59.9 Å². The second-order valence-electron chi connectivity index (χ2n) is 9.75. The molecule has 1 N–H and O–H groups in total. The molecule has 204 valence electrons. The van der Waals surface area contributed by atoms with Crippen LogP contribution in [0.5, 0.6) is 0 Å². The van der Waals surface area contributed by atoms with Crippen LogP contribution in [-0.4, -0.2) is 47.9 Å². The summed E-state index contributed by atoms with van der Waals surface area (Å²) in [6, 6.07) is 13.0. The summed E-state index contributed by atoms with van der Waals surface area (Å²) >= 11 is 0. The van der Waals surface area contributed by atoms with E-state index >= 15 is 0 Å². The SMILES string of the molecule is CC(=O)Nc1cc2c(cn1)C1(CCN(Cc3ccc(/C(=N/OCCF)c4ccc(F)c(F)c4)cc3)CC1)OC2. The van der Waals surface area contributed by atoms with Crippen molar-refractivity contribution in [2.45, 2.75) is 38.5 Å². The molecule has 1 spiro atoms. The quantitative estimate of drug-likeness (QED) is 0.246. The van der Waals surface area contributed by atoms with E-state index in [1.807, 2.05) is 36.5 Å². The predicted molar refractivity (Wildman–Crippen MR) is 140 cm³/mol. The number of likely N-dealkylation sites (tertiary alicyclic amines) is 1. The van der Waals surface area contributed by atoms with Gasteiger partial charge in [0.15, 0.2) is 11.6 Å². The van der Waals surface area contributed by atoms with Crippen molar-refractivity contribution >= 4 is 17.4 Å². The maximum atomic E-state index is 13.9. The Hall–Kier alpha value is -3.76. The molecule has 1 amide bonds. The van der Waals surface area contributed by atoms with Gasteiger partial charge in [0.1, 0.15) is 24.8 Å². The lowest BCUT2D eigenvalue weighted by atomic mass is 9.84. The third-order valence-electron chi connectivity index (χ3n) is 7.10. The molecule has 7 nitrogen and oxygen atoms in total. The molecule has 0 unspecified atom stereocenters. The Morgan fingerprint density at radius 1 is 1.10 bits per heavy atom. The second-order valence-corrected chi connectivity index (χ2v) is 9.75. The molecule has 3 heterocycles. The number of benzene rings is 2. The molecule has 5 rings (SSSR count). The third kappa shape index (κ3) is 5.97. The first kappa shape index (κ1) is 26.8. The van der Waals surface area contributed by atoms with Crippen molar-refractivity contribution in [2.75, 3.05) is 31.7 Å². The fourth-order valence-electron chi connectivity index (χ4n) is 5.14. The van der Waals surface area contributed by atoms with E-state index in [0.717, 1.165) is 61.3 Å². The Bertz CT molecular complexity index is 1370. The van der Waals surface area contributed by atoms with E-state index in [0.29, 0.717) is 29.3 Å². The summed E-state index contributed by atoms with van der Waals surface area (Å²) in [5.41, 5.74) is 4.15. The van der Waals surface area contributed by atoms with Crippen molar-refractivity contribution in [2.24, 2.45) is 5.16 Å². The molecule has 1 saturated heterocycles. The fourth-order valence-corrected chi connectivity index (χ4v) is 5.14. The fraction of sp³-hybridized carbons (Fsp3) is 0.345. The lowest BCUT2D eigenvalue weighted by Gasteiger charge is -2.39. The number of hydrogen-bond acceptors (Lipinski definition) is 6. The van der Waals surface area contributed by atoms with E-state index in [2.05, 4.69) is 20.4 Å². The van der Waals surface area contributed by atoms with Crippen molar-refractivity contribution in [3.05, 3.63) is 94.2 Å². The van der Waals surface area contributed by atoms with Gasteiger partial charge in [-0.05, 0) is 48.2 Å². The molecule has 0 aliphatic carbocycles. The normalized spacial score (nSPS) is 16.8. The lowest BCUT2D eigenvalue weighted by molar-refractivity contribution is -0.114. The largest absolute Gasteiger partial charge is 0.392 e. The van der Waals surface area contributed by atoms with Crippen LogP contribution in [0.1, 0.15) is 47.6 Å². The summed E-state index contributed by atoms with van der Waals surface area (Å²) in [6.07, 6.45) is 3.49. The zero-order valence-electron chi connectivity index (χ0n) is 21.6. The van der Waals surface area contributed by atoms with Crippen LogP contribution in [0.3, 0.4) is 0 Å². The highest BCUT2D eigenvalue weighted by Crippen LogP contribution is 2.44. The number of anilines is 1. The lowest BCUT2D eigenvalue weighted by Crippen LogP contribution is -2.42. The van der Waals surface area contributed by atoms with E-state index in [9.17, 15) is 18.0 Å². The highest BCUT2D eigenvalue weighted by Gasteiger charge is 2.43. The number of pyridine rings is 1. The van der Waals surface area contributed by atoms with E-state index in [4.69, 9.17) is 9.57 Å². The molecule has 10 heteroatoms. The number of fused-ring (bicyclic) bond motifs is 2. The van der Waals surface area contributed by atoms with Gasteiger partial charge in [0, 0.05) is 49.4 Å². The summed E-state index contributed by atoms with van der Waals surface area (Å²) in [6.45, 7) is 3.43. The van der Waals surface area contributed by atoms with Gasteiger partial charge >= 0.3 is 0 Å². The average Bonchev–Trinajstić information content (AvgIpc) is 3.27. The Balaban J connectivity index is 1.24. The number of piperidine rings is 1. The average molecular weight is 539 g/mol. The van der Waals surface area contributed by atoms with Crippen molar-refractivity contribution in [1.82, 2.24) is 9.88 Å². The van der Waals surface area contributed by atoms with E-state index in [1.165, 1.54) is 13.0 Å². The Kier molecular flexibility index (Phi) is 7.94. The molecule has 39 heavy (non-hydrogen) atoms. The van der Waals surface area contributed by atoms with Crippen LogP contribution < -0.4 is 5.32 Å². The van der Waals surface area contributed by atoms with Gasteiger partial charge in [-0.1, -0.05) is 29.4 Å². The van der Waals surface area contributed by atoms with Crippen LogP contribution in [0, 0.1) is 11.6 Å². The first-order chi connectivity index (χ1) is 18.9. The number of aromatic nitrogens is 1. The smallest absolute Gasteiger partial charge is 0.222 e. The van der Waals surface area contributed by atoms with Crippen LogP contribution in [-0.2, 0) is 33.1 Å². The first-order valence-electron chi connectivity index (χ1n) is 12.8. The molecule has 0 atom stereocenters. The molecule has 0 bridgehead atoms. The van der Waals surface area contributed by atoms with Crippen LogP contribution >= 0.6 is 0 Å². The number of amides is 1. The first-order valence-corrected chi connectivity index (χ1v) is 12.8. The zero-order valence-corrected chi connectivity index (χ0v) is 21.6. The summed E-state index contributed by atoms with van der Waals surface area (Å²) in [5, 5.41) is 6.71.